The van der Waals surface area contributed by atoms with Crippen molar-refractivity contribution in [2.24, 2.45) is 0 Å². The summed E-state index contributed by atoms with van der Waals surface area (Å²) in [6, 6.07) is 11.0. The fraction of sp³-hybridized carbons (Fsp3) is 0.222. The number of alkyl halides is 2. The number of hydrogen-bond donors (Lipinski definition) is 2. The van der Waals surface area contributed by atoms with E-state index in [0.29, 0.717) is 15.8 Å². The second-order valence-corrected chi connectivity index (χ2v) is 9.60. The van der Waals surface area contributed by atoms with E-state index in [2.05, 4.69) is 15.6 Å². The van der Waals surface area contributed by atoms with Crippen molar-refractivity contribution >= 4 is 44.7 Å². The minimum atomic E-state index is -3.37. The molecule has 11 heteroatoms. The highest BCUT2D eigenvalue weighted by molar-refractivity contribution is 7.19. The molecule has 4 aromatic rings. The predicted octanol–water partition coefficient (Wildman–Crippen LogP) is 6.95. The van der Waals surface area contributed by atoms with Gasteiger partial charge in [-0.25, -0.2) is 9.37 Å². The van der Waals surface area contributed by atoms with Gasteiger partial charge in [-0.3, -0.25) is 9.59 Å². The Morgan fingerprint density at radius 2 is 1.76 bits per heavy atom. The molecule has 38 heavy (non-hydrogen) atoms. The highest BCUT2D eigenvalue weighted by Gasteiger charge is 2.29. The van der Waals surface area contributed by atoms with Crippen LogP contribution >= 0.6 is 11.3 Å². The van der Waals surface area contributed by atoms with Crippen molar-refractivity contribution in [3.05, 3.63) is 76.0 Å². The van der Waals surface area contributed by atoms with E-state index in [1.54, 1.807) is 26.0 Å². The Morgan fingerprint density at radius 3 is 2.47 bits per heavy atom. The topological polar surface area (TPSA) is 89.6 Å². The molecule has 198 valence electrons. The number of fused-ring (bicyclic) bond motifs is 1. The number of aromatic nitrogens is 1. The number of anilines is 2. The van der Waals surface area contributed by atoms with Gasteiger partial charge in [-0.2, -0.15) is 8.78 Å². The molecule has 0 saturated carbocycles. The fourth-order valence-corrected chi connectivity index (χ4v) is 4.65. The Labute approximate surface area is 220 Å². The maximum absolute atomic E-state index is 14.2. The normalized spacial score (nSPS) is 11.3. The van der Waals surface area contributed by atoms with Gasteiger partial charge in [0.15, 0.2) is 0 Å². The molecule has 0 atom stereocenters. The minimum absolute atomic E-state index is 0.0479. The number of aryl methyl sites for hydroxylation is 2. The Hall–Kier alpha value is -4.12. The number of rotatable bonds is 8. The summed E-state index contributed by atoms with van der Waals surface area (Å²) in [5.74, 6) is -1.80. The molecule has 0 aliphatic carbocycles. The van der Waals surface area contributed by atoms with Gasteiger partial charge >= 0.3 is 6.11 Å². The SMILES string of the molecule is CCC(F)(F)Oc1cc(NC(=O)c2ccc(F)cc2NC(=O)c2c(OC)ccc3nc(C)sc23)ccc1C. The van der Waals surface area contributed by atoms with Gasteiger partial charge in [0.2, 0.25) is 0 Å². The molecule has 0 bridgehead atoms. The zero-order valence-corrected chi connectivity index (χ0v) is 21.8. The first-order valence-electron chi connectivity index (χ1n) is 11.5. The summed E-state index contributed by atoms with van der Waals surface area (Å²) < 4.78 is 52.5. The molecular formula is C27H24F3N3O4S. The number of thiazole rings is 1. The van der Waals surface area contributed by atoms with Crippen molar-refractivity contribution in [2.45, 2.75) is 33.3 Å². The molecule has 0 fully saturated rings. The molecule has 0 aliphatic rings. The highest BCUT2D eigenvalue weighted by atomic mass is 32.1. The van der Waals surface area contributed by atoms with Gasteiger partial charge in [0.05, 0.1) is 33.6 Å². The number of carbonyl (C=O) groups is 2. The summed E-state index contributed by atoms with van der Waals surface area (Å²) >= 11 is 1.30. The molecule has 3 aromatic carbocycles. The summed E-state index contributed by atoms with van der Waals surface area (Å²) in [5, 5.41) is 5.93. The monoisotopic (exact) mass is 543 g/mol. The van der Waals surface area contributed by atoms with Gasteiger partial charge in [-0.1, -0.05) is 13.0 Å². The summed E-state index contributed by atoms with van der Waals surface area (Å²) in [4.78, 5) is 30.9. The molecule has 0 saturated heterocycles. The van der Waals surface area contributed by atoms with Gasteiger partial charge in [0.25, 0.3) is 11.8 Å². The third-order valence-electron chi connectivity index (χ3n) is 5.66. The van der Waals surface area contributed by atoms with Crippen LogP contribution in [0.15, 0.2) is 48.5 Å². The Balaban J connectivity index is 1.64. The minimum Gasteiger partial charge on any atom is -0.496 e. The number of benzene rings is 3. The molecule has 0 aliphatic heterocycles. The van der Waals surface area contributed by atoms with Crippen molar-refractivity contribution in [3.63, 3.8) is 0 Å². The van der Waals surface area contributed by atoms with Crippen LogP contribution in [0.5, 0.6) is 11.5 Å². The number of amides is 2. The Morgan fingerprint density at radius 1 is 1.00 bits per heavy atom. The lowest BCUT2D eigenvalue weighted by Gasteiger charge is -2.18. The van der Waals surface area contributed by atoms with Crippen molar-refractivity contribution in [3.8, 4) is 11.5 Å². The Kier molecular flexibility index (Phi) is 7.58. The molecule has 4 rings (SSSR count). The number of halogens is 3. The number of hydrogen-bond acceptors (Lipinski definition) is 6. The lowest BCUT2D eigenvalue weighted by Crippen LogP contribution is -2.23. The number of ether oxygens (including phenoxy) is 2. The van der Waals surface area contributed by atoms with Gasteiger partial charge in [-0.05, 0) is 55.8 Å². The zero-order chi connectivity index (χ0) is 27.6. The standard InChI is InChI=1S/C27H24F3N3O4S/c1-5-27(29,30)37-22-13-17(8-6-14(22)2)32-25(34)18-9-7-16(28)12-20(18)33-26(35)23-21(36-4)11-10-19-24(23)38-15(3)31-19/h6-13H,5H2,1-4H3,(H,32,34)(H,33,35). The maximum Gasteiger partial charge on any atom is 0.397 e. The first-order valence-corrected chi connectivity index (χ1v) is 12.4. The number of nitrogens with one attached hydrogen (secondary N) is 2. The molecular weight excluding hydrogens is 519 g/mol. The summed E-state index contributed by atoms with van der Waals surface area (Å²) in [6.45, 7) is 4.69. The van der Waals surface area contributed by atoms with E-state index in [4.69, 9.17) is 9.47 Å². The van der Waals surface area contributed by atoms with Crippen LogP contribution in [0, 0.1) is 19.7 Å². The van der Waals surface area contributed by atoms with E-state index in [1.165, 1.54) is 49.6 Å². The van der Waals surface area contributed by atoms with E-state index < -0.39 is 30.2 Å². The molecule has 0 spiro atoms. The molecule has 7 nitrogen and oxygen atoms in total. The molecule has 0 unspecified atom stereocenters. The van der Waals surface area contributed by atoms with Crippen molar-refractivity contribution < 1.29 is 32.2 Å². The van der Waals surface area contributed by atoms with E-state index in [0.717, 1.165) is 17.1 Å². The lowest BCUT2D eigenvalue weighted by molar-refractivity contribution is -0.177. The lowest BCUT2D eigenvalue weighted by atomic mass is 10.1. The van der Waals surface area contributed by atoms with E-state index in [9.17, 15) is 22.8 Å². The molecule has 0 radical (unpaired) electrons. The quantitative estimate of drug-likeness (QED) is 0.251. The van der Waals surface area contributed by atoms with Crippen molar-refractivity contribution in [1.29, 1.82) is 0 Å². The predicted molar refractivity (Wildman–Crippen MR) is 140 cm³/mol. The summed E-state index contributed by atoms with van der Waals surface area (Å²) in [5.41, 5.74) is 1.29. The summed E-state index contributed by atoms with van der Waals surface area (Å²) in [7, 11) is 1.42. The third-order valence-corrected chi connectivity index (χ3v) is 6.67. The summed E-state index contributed by atoms with van der Waals surface area (Å²) in [6.07, 6.45) is -3.90. The van der Waals surface area contributed by atoms with Gasteiger partial charge < -0.3 is 20.1 Å². The Bertz CT molecular complexity index is 1540. The third kappa shape index (κ3) is 5.72. The number of methoxy groups -OCH3 is 1. The molecule has 1 aromatic heterocycles. The molecule has 1 heterocycles. The smallest absolute Gasteiger partial charge is 0.397 e. The van der Waals surface area contributed by atoms with Crippen LogP contribution in [0.25, 0.3) is 10.2 Å². The van der Waals surface area contributed by atoms with E-state index >= 15 is 0 Å². The van der Waals surface area contributed by atoms with Gasteiger partial charge in [0, 0.05) is 18.2 Å². The van der Waals surface area contributed by atoms with Crippen LogP contribution < -0.4 is 20.1 Å². The first kappa shape index (κ1) is 26.9. The van der Waals surface area contributed by atoms with E-state index in [1.807, 2.05) is 0 Å². The fourth-order valence-electron chi connectivity index (χ4n) is 3.69. The second-order valence-electron chi connectivity index (χ2n) is 8.40. The first-order chi connectivity index (χ1) is 18.0. The number of carbonyl (C=O) groups excluding carboxylic acids is 2. The van der Waals surface area contributed by atoms with Crippen LogP contribution in [0.4, 0.5) is 24.5 Å². The van der Waals surface area contributed by atoms with Crippen LogP contribution in [-0.2, 0) is 0 Å². The van der Waals surface area contributed by atoms with Crippen LogP contribution in [0.1, 0.15) is 44.6 Å². The second kappa shape index (κ2) is 10.7. The highest BCUT2D eigenvalue weighted by Crippen LogP contribution is 2.34. The van der Waals surface area contributed by atoms with Crippen LogP contribution in [0.3, 0.4) is 0 Å². The van der Waals surface area contributed by atoms with Gasteiger partial charge in [0.1, 0.15) is 22.9 Å². The molecule has 2 N–H and O–H groups in total. The van der Waals surface area contributed by atoms with Crippen molar-refractivity contribution in [1.82, 2.24) is 4.98 Å². The average Bonchev–Trinajstić information content (AvgIpc) is 3.25. The van der Waals surface area contributed by atoms with Crippen LogP contribution in [0.2, 0.25) is 0 Å². The molecule has 2 amide bonds. The van der Waals surface area contributed by atoms with Gasteiger partial charge in [-0.15, -0.1) is 11.3 Å². The van der Waals surface area contributed by atoms with Crippen molar-refractivity contribution in [2.75, 3.05) is 17.7 Å². The van der Waals surface area contributed by atoms with E-state index in [-0.39, 0.29) is 34.0 Å². The average molecular weight is 544 g/mol. The number of nitrogens with zero attached hydrogens (tertiary/aromatic N) is 1. The largest absolute Gasteiger partial charge is 0.496 e. The zero-order valence-electron chi connectivity index (χ0n) is 20.9. The maximum atomic E-state index is 14.2. The van der Waals surface area contributed by atoms with Crippen LogP contribution in [-0.4, -0.2) is 30.0 Å².